The summed E-state index contributed by atoms with van der Waals surface area (Å²) < 4.78 is 2.01. The van der Waals surface area contributed by atoms with Crippen molar-refractivity contribution in [1.82, 2.24) is 9.55 Å². The van der Waals surface area contributed by atoms with E-state index in [9.17, 15) is 0 Å². The van der Waals surface area contributed by atoms with Crippen LogP contribution in [0.2, 0.25) is 10.0 Å². The first kappa shape index (κ1) is 13.9. The fourth-order valence-corrected chi connectivity index (χ4v) is 2.73. The lowest BCUT2D eigenvalue weighted by atomic mass is 10.2. The molecule has 104 valence electrons. The molecule has 0 amide bonds. The maximum atomic E-state index is 8.98. The van der Waals surface area contributed by atoms with Crippen LogP contribution < -0.4 is 0 Å². The second kappa shape index (κ2) is 5.77. The van der Waals surface area contributed by atoms with Crippen molar-refractivity contribution in [1.29, 1.82) is 5.26 Å². The number of imidazole rings is 1. The Labute approximate surface area is 132 Å². The quantitative estimate of drug-likeness (QED) is 0.716. The van der Waals surface area contributed by atoms with Crippen molar-refractivity contribution in [2.75, 3.05) is 0 Å². The molecule has 0 saturated carbocycles. The second-order valence-corrected chi connectivity index (χ2v) is 5.44. The standard InChI is InChI=1S/C16H11Cl2N3/c17-12-5-3-4-11(16(12)18)10-21-14-7-2-1-6-13(14)20-15(21)8-9-19/h1-7H,8,10H2. The molecular formula is C16H11Cl2N3. The summed E-state index contributed by atoms with van der Waals surface area (Å²) in [5, 5.41) is 10.1. The number of benzene rings is 2. The van der Waals surface area contributed by atoms with Crippen LogP contribution >= 0.6 is 23.2 Å². The molecule has 2 aromatic carbocycles. The zero-order valence-corrected chi connectivity index (χ0v) is 12.6. The predicted molar refractivity (Wildman–Crippen MR) is 84.6 cm³/mol. The molecule has 0 N–H and O–H groups in total. The van der Waals surface area contributed by atoms with Gasteiger partial charge in [0.1, 0.15) is 5.82 Å². The van der Waals surface area contributed by atoms with E-state index < -0.39 is 0 Å². The van der Waals surface area contributed by atoms with Crippen LogP contribution in [0.1, 0.15) is 11.4 Å². The molecule has 0 aliphatic heterocycles. The molecule has 0 saturated heterocycles. The average molecular weight is 316 g/mol. The molecule has 1 heterocycles. The van der Waals surface area contributed by atoms with Gasteiger partial charge in [-0.3, -0.25) is 0 Å². The van der Waals surface area contributed by atoms with Gasteiger partial charge in [0.05, 0.1) is 40.1 Å². The van der Waals surface area contributed by atoms with Gasteiger partial charge in [-0.05, 0) is 23.8 Å². The lowest BCUT2D eigenvalue weighted by Crippen LogP contribution is -2.05. The van der Waals surface area contributed by atoms with Crippen LogP contribution in [0.5, 0.6) is 0 Å². The van der Waals surface area contributed by atoms with E-state index >= 15 is 0 Å². The van der Waals surface area contributed by atoms with Crippen molar-refractivity contribution in [2.45, 2.75) is 13.0 Å². The molecule has 3 aromatic rings. The molecule has 0 atom stereocenters. The van der Waals surface area contributed by atoms with Crippen LogP contribution in [0.15, 0.2) is 42.5 Å². The van der Waals surface area contributed by atoms with Gasteiger partial charge in [0, 0.05) is 0 Å². The Morgan fingerprint density at radius 3 is 2.71 bits per heavy atom. The molecule has 21 heavy (non-hydrogen) atoms. The molecule has 5 heteroatoms. The lowest BCUT2D eigenvalue weighted by molar-refractivity contribution is 0.770. The fraction of sp³-hybridized carbons (Fsp3) is 0.125. The van der Waals surface area contributed by atoms with Gasteiger partial charge in [-0.15, -0.1) is 0 Å². The van der Waals surface area contributed by atoms with Gasteiger partial charge in [-0.2, -0.15) is 5.26 Å². The summed E-state index contributed by atoms with van der Waals surface area (Å²) in [5.74, 6) is 0.731. The van der Waals surface area contributed by atoms with E-state index in [0.29, 0.717) is 16.6 Å². The Morgan fingerprint density at radius 1 is 1.10 bits per heavy atom. The van der Waals surface area contributed by atoms with Crippen LogP contribution in [0.25, 0.3) is 11.0 Å². The Morgan fingerprint density at radius 2 is 1.90 bits per heavy atom. The van der Waals surface area contributed by atoms with Crippen molar-refractivity contribution >= 4 is 34.2 Å². The van der Waals surface area contributed by atoms with Crippen LogP contribution in [-0.4, -0.2) is 9.55 Å². The minimum Gasteiger partial charge on any atom is -0.323 e. The normalized spacial score (nSPS) is 10.7. The highest BCUT2D eigenvalue weighted by atomic mass is 35.5. The smallest absolute Gasteiger partial charge is 0.124 e. The van der Waals surface area contributed by atoms with E-state index in [2.05, 4.69) is 11.1 Å². The second-order valence-electron chi connectivity index (χ2n) is 4.65. The Hall–Kier alpha value is -2.02. The summed E-state index contributed by atoms with van der Waals surface area (Å²) in [5.41, 5.74) is 2.77. The minimum absolute atomic E-state index is 0.257. The zero-order valence-electron chi connectivity index (χ0n) is 11.1. The van der Waals surface area contributed by atoms with E-state index in [0.717, 1.165) is 22.4 Å². The summed E-state index contributed by atoms with van der Waals surface area (Å²) in [4.78, 5) is 4.52. The first-order chi connectivity index (χ1) is 10.2. The lowest BCUT2D eigenvalue weighted by Gasteiger charge is -2.10. The highest BCUT2D eigenvalue weighted by Crippen LogP contribution is 2.27. The molecule has 3 nitrogen and oxygen atoms in total. The van der Waals surface area contributed by atoms with Crippen LogP contribution in [0.4, 0.5) is 0 Å². The molecule has 0 fully saturated rings. The van der Waals surface area contributed by atoms with Crippen molar-refractivity contribution in [3.8, 4) is 6.07 Å². The highest BCUT2D eigenvalue weighted by molar-refractivity contribution is 6.42. The first-order valence-corrected chi connectivity index (χ1v) is 7.20. The van der Waals surface area contributed by atoms with Crippen molar-refractivity contribution in [2.24, 2.45) is 0 Å². The SMILES string of the molecule is N#CCc1nc2ccccc2n1Cc1cccc(Cl)c1Cl. The number of aromatic nitrogens is 2. The molecule has 0 bridgehead atoms. The third kappa shape index (κ3) is 2.61. The predicted octanol–water partition coefficient (Wildman–Crippen LogP) is 4.46. The molecule has 0 aliphatic carbocycles. The molecule has 3 rings (SSSR count). The summed E-state index contributed by atoms with van der Waals surface area (Å²) in [7, 11) is 0. The van der Waals surface area contributed by atoms with Crippen LogP contribution in [0.3, 0.4) is 0 Å². The summed E-state index contributed by atoms with van der Waals surface area (Å²) >= 11 is 12.3. The monoisotopic (exact) mass is 315 g/mol. The number of para-hydroxylation sites is 2. The van der Waals surface area contributed by atoms with Gasteiger partial charge >= 0.3 is 0 Å². The first-order valence-electron chi connectivity index (χ1n) is 6.44. The summed E-state index contributed by atoms with van der Waals surface area (Å²) in [6, 6.07) is 15.5. The van der Waals surface area contributed by atoms with Gasteiger partial charge < -0.3 is 4.57 Å². The summed E-state index contributed by atoms with van der Waals surface area (Å²) in [6.07, 6.45) is 0.257. The van der Waals surface area contributed by atoms with E-state index in [-0.39, 0.29) is 6.42 Å². The zero-order chi connectivity index (χ0) is 14.8. The number of hydrogen-bond acceptors (Lipinski definition) is 2. The molecule has 0 aliphatic rings. The third-order valence-electron chi connectivity index (χ3n) is 3.33. The van der Waals surface area contributed by atoms with Crippen molar-refractivity contribution < 1.29 is 0 Å². The maximum absolute atomic E-state index is 8.98. The Kier molecular flexibility index (Phi) is 3.83. The van der Waals surface area contributed by atoms with E-state index in [1.807, 2.05) is 41.0 Å². The Balaban J connectivity index is 2.13. The van der Waals surface area contributed by atoms with Crippen molar-refractivity contribution in [3.05, 3.63) is 63.9 Å². The largest absolute Gasteiger partial charge is 0.323 e. The molecule has 0 radical (unpaired) electrons. The topological polar surface area (TPSA) is 41.6 Å². The number of hydrogen-bond donors (Lipinski definition) is 0. The van der Waals surface area contributed by atoms with E-state index in [1.165, 1.54) is 0 Å². The van der Waals surface area contributed by atoms with Gasteiger partial charge in [-0.1, -0.05) is 47.5 Å². The number of fused-ring (bicyclic) bond motifs is 1. The molecule has 1 aromatic heterocycles. The van der Waals surface area contributed by atoms with E-state index in [1.54, 1.807) is 6.07 Å². The molecule has 0 unspecified atom stereocenters. The third-order valence-corrected chi connectivity index (χ3v) is 4.19. The Bertz CT molecular complexity index is 846. The minimum atomic E-state index is 0.257. The number of halogens is 2. The fourth-order valence-electron chi connectivity index (χ4n) is 2.35. The van der Waals surface area contributed by atoms with Gasteiger partial charge in [0.15, 0.2) is 0 Å². The van der Waals surface area contributed by atoms with Crippen LogP contribution in [-0.2, 0) is 13.0 Å². The van der Waals surface area contributed by atoms with Gasteiger partial charge in [0.25, 0.3) is 0 Å². The maximum Gasteiger partial charge on any atom is 0.124 e. The molecule has 0 spiro atoms. The van der Waals surface area contributed by atoms with Gasteiger partial charge in [-0.25, -0.2) is 4.98 Å². The van der Waals surface area contributed by atoms with E-state index in [4.69, 9.17) is 28.5 Å². The average Bonchev–Trinajstić information content (AvgIpc) is 2.82. The van der Waals surface area contributed by atoms with Crippen LogP contribution in [0, 0.1) is 11.3 Å². The number of nitriles is 1. The number of rotatable bonds is 3. The molecular weight excluding hydrogens is 305 g/mol. The summed E-state index contributed by atoms with van der Waals surface area (Å²) in [6.45, 7) is 0.539. The number of nitrogens with zero attached hydrogens (tertiary/aromatic N) is 3. The highest BCUT2D eigenvalue weighted by Gasteiger charge is 2.12. The van der Waals surface area contributed by atoms with Gasteiger partial charge in [0.2, 0.25) is 0 Å². The van der Waals surface area contributed by atoms with Crippen molar-refractivity contribution in [3.63, 3.8) is 0 Å².